The molecule has 1 atom stereocenters. The minimum atomic E-state index is -4.58. The predicted molar refractivity (Wildman–Crippen MR) is 167 cm³/mol. The summed E-state index contributed by atoms with van der Waals surface area (Å²) < 4.78 is 66.0. The van der Waals surface area contributed by atoms with Crippen molar-refractivity contribution in [2.24, 2.45) is 0 Å². The molecule has 0 spiro atoms. The number of nitrogens with zero attached hydrogens (tertiary/aromatic N) is 1. The molecule has 3 aromatic carbocycles. The van der Waals surface area contributed by atoms with Crippen LogP contribution < -0.4 is 19.1 Å². The maximum absolute atomic E-state index is 12.9. The van der Waals surface area contributed by atoms with E-state index in [2.05, 4.69) is 0 Å². The number of rotatable bonds is 15. The first-order valence-corrected chi connectivity index (χ1v) is 15.0. The van der Waals surface area contributed by atoms with E-state index in [1.54, 1.807) is 92.5 Å². The molecule has 0 N–H and O–H groups in total. The van der Waals surface area contributed by atoms with Crippen molar-refractivity contribution < 1.29 is 46.4 Å². The second-order valence-electron chi connectivity index (χ2n) is 9.91. The summed E-state index contributed by atoms with van der Waals surface area (Å²) in [4.78, 5) is 37.5. The molecule has 46 heavy (non-hydrogen) atoms. The predicted octanol–water partition coefficient (Wildman–Crippen LogP) is 6.11. The molecule has 0 bridgehead atoms. The van der Waals surface area contributed by atoms with Crippen LogP contribution in [0.4, 0.5) is 13.2 Å². The molecule has 9 nitrogen and oxygen atoms in total. The molecule has 1 unspecified atom stereocenters. The van der Waals surface area contributed by atoms with Crippen molar-refractivity contribution >= 4 is 39.4 Å². The number of methoxy groups -OCH3 is 2. The highest BCUT2D eigenvalue weighted by Gasteiger charge is 2.32. The Balaban J connectivity index is 1.36. The van der Waals surface area contributed by atoms with Gasteiger partial charge in [0.05, 0.1) is 37.6 Å². The lowest BCUT2D eigenvalue weighted by atomic mass is 10.1. The molecular weight excluding hydrogens is 627 g/mol. The van der Waals surface area contributed by atoms with Gasteiger partial charge in [0.25, 0.3) is 0 Å². The number of ether oxygens (including phenoxy) is 5. The lowest BCUT2D eigenvalue weighted by molar-refractivity contribution is -0.194. The molecular formula is C33H32F3NO8S. The summed E-state index contributed by atoms with van der Waals surface area (Å²) in [5, 5.41) is 0. The molecule has 0 amide bonds. The minimum Gasteiger partial charge on any atom is -0.497 e. The molecule has 0 saturated carbocycles. The Labute approximate surface area is 266 Å². The SMILES string of the molecule is CCOC(=O)C(Cc1ccc(OCCn2c(=O)sc3cc(C(=O)/C=C/c4cc(OC)cc(OC)c4)ccc32)cc1)OCC(F)(F)F. The van der Waals surface area contributed by atoms with Crippen LogP contribution in [-0.4, -0.2) is 62.6 Å². The number of hydrogen-bond acceptors (Lipinski definition) is 9. The first-order chi connectivity index (χ1) is 22.0. The summed E-state index contributed by atoms with van der Waals surface area (Å²) in [7, 11) is 3.09. The van der Waals surface area contributed by atoms with Crippen molar-refractivity contribution in [3.05, 3.63) is 93.1 Å². The van der Waals surface area contributed by atoms with E-state index >= 15 is 0 Å². The summed E-state index contributed by atoms with van der Waals surface area (Å²) >= 11 is 1.02. The summed E-state index contributed by atoms with van der Waals surface area (Å²) in [6.45, 7) is 0.389. The Hall–Kier alpha value is -4.62. The molecule has 0 radical (unpaired) electrons. The van der Waals surface area contributed by atoms with Crippen LogP contribution >= 0.6 is 11.3 Å². The van der Waals surface area contributed by atoms with Crippen LogP contribution in [-0.2, 0) is 27.2 Å². The summed E-state index contributed by atoms with van der Waals surface area (Å²) in [6, 6.07) is 16.8. The largest absolute Gasteiger partial charge is 0.497 e. The third kappa shape index (κ3) is 9.44. The number of benzene rings is 3. The number of allylic oxidation sites excluding steroid dienone is 1. The number of aromatic nitrogens is 1. The number of esters is 1. The lowest BCUT2D eigenvalue weighted by Gasteiger charge is -2.18. The maximum Gasteiger partial charge on any atom is 0.411 e. The second kappa shape index (κ2) is 15.6. The van der Waals surface area contributed by atoms with Crippen molar-refractivity contribution in [3.8, 4) is 17.2 Å². The topological polar surface area (TPSA) is 102 Å². The Bertz CT molecular complexity index is 1720. The molecule has 0 aliphatic carbocycles. The van der Waals surface area contributed by atoms with Crippen LogP contribution in [0.2, 0.25) is 0 Å². The van der Waals surface area contributed by atoms with Crippen molar-refractivity contribution in [1.29, 1.82) is 0 Å². The minimum absolute atomic E-state index is 0.0119. The van der Waals surface area contributed by atoms with E-state index in [9.17, 15) is 27.6 Å². The van der Waals surface area contributed by atoms with Gasteiger partial charge in [-0.25, -0.2) is 4.79 Å². The Kier molecular flexibility index (Phi) is 11.6. The zero-order valence-corrected chi connectivity index (χ0v) is 26.1. The number of carbonyl (C=O) groups is 2. The third-order valence-electron chi connectivity index (χ3n) is 6.68. The van der Waals surface area contributed by atoms with Crippen LogP contribution in [0.15, 0.2) is 71.5 Å². The van der Waals surface area contributed by atoms with E-state index in [1.807, 2.05) is 0 Å². The van der Waals surface area contributed by atoms with E-state index in [4.69, 9.17) is 23.7 Å². The fourth-order valence-electron chi connectivity index (χ4n) is 4.46. The molecule has 1 aromatic heterocycles. The first kappa shape index (κ1) is 34.3. The zero-order valence-electron chi connectivity index (χ0n) is 25.3. The van der Waals surface area contributed by atoms with Crippen molar-refractivity contribution in [1.82, 2.24) is 4.57 Å². The molecule has 0 aliphatic heterocycles. The fraction of sp³-hybridized carbons (Fsp3) is 0.303. The Morgan fingerprint density at radius 3 is 2.28 bits per heavy atom. The highest BCUT2D eigenvalue weighted by molar-refractivity contribution is 7.16. The van der Waals surface area contributed by atoms with Crippen LogP contribution in [0.5, 0.6) is 17.2 Å². The number of hydrogen-bond donors (Lipinski definition) is 0. The number of halogens is 3. The number of ketones is 1. The highest BCUT2D eigenvalue weighted by Crippen LogP contribution is 2.25. The van der Waals surface area contributed by atoms with E-state index in [0.29, 0.717) is 38.6 Å². The summed E-state index contributed by atoms with van der Waals surface area (Å²) in [5.74, 6) is 0.551. The van der Waals surface area contributed by atoms with Gasteiger partial charge < -0.3 is 23.7 Å². The standard InChI is InChI=1S/C33H32F3NO8S/c1-4-43-31(39)29(45-20-33(34,35)36)17-21-5-9-24(10-6-21)44-14-13-37-27-11-8-23(18-30(27)46-32(37)40)28(38)12-7-22-15-25(41-2)19-26(16-22)42-3/h5-12,15-16,18-19,29H,4,13-14,17,20H2,1-3H3/b12-7+. The van der Waals surface area contributed by atoms with Crippen molar-refractivity contribution in [2.45, 2.75) is 32.2 Å². The maximum atomic E-state index is 12.9. The number of alkyl halides is 3. The molecule has 4 aromatic rings. The molecule has 0 aliphatic rings. The van der Waals surface area contributed by atoms with Gasteiger partial charge in [0, 0.05) is 18.1 Å². The first-order valence-electron chi connectivity index (χ1n) is 14.1. The monoisotopic (exact) mass is 659 g/mol. The Morgan fingerprint density at radius 1 is 0.957 bits per heavy atom. The Morgan fingerprint density at radius 2 is 1.65 bits per heavy atom. The van der Waals surface area contributed by atoms with E-state index in [-0.39, 0.29) is 36.8 Å². The van der Waals surface area contributed by atoms with Crippen molar-refractivity contribution in [2.75, 3.05) is 34.0 Å². The van der Waals surface area contributed by atoms with Gasteiger partial charge in [0.15, 0.2) is 11.9 Å². The van der Waals surface area contributed by atoms with Gasteiger partial charge in [-0.1, -0.05) is 29.5 Å². The molecule has 4 rings (SSSR count). The average molecular weight is 660 g/mol. The summed E-state index contributed by atoms with van der Waals surface area (Å²) in [5.41, 5.74) is 2.37. The zero-order chi connectivity index (χ0) is 33.3. The number of thiazole rings is 1. The van der Waals surface area contributed by atoms with Gasteiger partial charge in [-0.2, -0.15) is 13.2 Å². The smallest absolute Gasteiger partial charge is 0.411 e. The van der Waals surface area contributed by atoms with Gasteiger partial charge in [0.2, 0.25) is 0 Å². The van der Waals surface area contributed by atoms with Gasteiger partial charge >= 0.3 is 17.0 Å². The van der Waals surface area contributed by atoms with Crippen molar-refractivity contribution in [3.63, 3.8) is 0 Å². The van der Waals surface area contributed by atoms with E-state index in [0.717, 1.165) is 16.9 Å². The fourth-order valence-corrected chi connectivity index (χ4v) is 5.41. The van der Waals surface area contributed by atoms with Crippen LogP contribution in [0.1, 0.15) is 28.4 Å². The molecule has 13 heteroatoms. The van der Waals surface area contributed by atoms with Crippen LogP contribution in [0.25, 0.3) is 16.3 Å². The number of carbonyl (C=O) groups excluding carboxylic acids is 2. The van der Waals surface area contributed by atoms with Gasteiger partial charge in [-0.05, 0) is 66.6 Å². The van der Waals surface area contributed by atoms with Gasteiger partial charge in [0.1, 0.15) is 30.5 Å². The normalized spacial score (nSPS) is 12.3. The molecule has 244 valence electrons. The quantitative estimate of drug-likeness (QED) is 0.0857. The molecule has 0 saturated heterocycles. The highest BCUT2D eigenvalue weighted by atomic mass is 32.1. The summed E-state index contributed by atoms with van der Waals surface area (Å²) in [6.07, 6.45) is -2.99. The van der Waals surface area contributed by atoms with E-state index < -0.39 is 24.9 Å². The van der Waals surface area contributed by atoms with Crippen LogP contribution in [0, 0.1) is 0 Å². The molecule has 0 fully saturated rings. The van der Waals surface area contributed by atoms with Gasteiger partial charge in [-0.3, -0.25) is 14.2 Å². The lowest BCUT2D eigenvalue weighted by Crippen LogP contribution is -2.32. The van der Waals surface area contributed by atoms with Crippen LogP contribution in [0.3, 0.4) is 0 Å². The molecule has 1 heterocycles. The number of fused-ring (bicyclic) bond motifs is 1. The third-order valence-corrected chi connectivity index (χ3v) is 7.62. The van der Waals surface area contributed by atoms with E-state index in [1.165, 1.54) is 6.08 Å². The second-order valence-corrected chi connectivity index (χ2v) is 10.9. The average Bonchev–Trinajstić information content (AvgIpc) is 3.35. The van der Waals surface area contributed by atoms with Gasteiger partial charge in [-0.15, -0.1) is 0 Å².